The predicted octanol–water partition coefficient (Wildman–Crippen LogP) is 7.14. The van der Waals surface area contributed by atoms with E-state index in [0.717, 1.165) is 42.8 Å². The third-order valence-corrected chi connectivity index (χ3v) is 6.85. The lowest BCUT2D eigenvalue weighted by molar-refractivity contribution is 0.608. The van der Waals surface area contributed by atoms with Crippen molar-refractivity contribution in [3.63, 3.8) is 0 Å². The normalized spacial score (nSPS) is 18.7. The van der Waals surface area contributed by atoms with Crippen molar-refractivity contribution in [2.75, 3.05) is 13.1 Å². The molecule has 5 heteroatoms. The quantitative estimate of drug-likeness (QED) is 0.434. The highest BCUT2D eigenvalue weighted by Gasteiger charge is 2.22. The highest BCUT2D eigenvalue weighted by Crippen LogP contribution is 2.36. The summed E-state index contributed by atoms with van der Waals surface area (Å²) in [6.07, 6.45) is 13.2. The molecule has 1 fully saturated rings. The molecular formula is C27H25Cl2N3. The smallest absolute Gasteiger partial charge is 0.135 e. The maximum Gasteiger partial charge on any atom is 0.135 e. The molecule has 32 heavy (non-hydrogen) atoms. The van der Waals surface area contributed by atoms with Crippen molar-refractivity contribution in [3.05, 3.63) is 99.3 Å². The number of aryl methyl sites for hydroxylation is 1. The van der Waals surface area contributed by atoms with E-state index < -0.39 is 0 Å². The minimum atomic E-state index is 0.133. The molecule has 3 nitrogen and oxygen atoms in total. The molecule has 5 rings (SSSR count). The summed E-state index contributed by atoms with van der Waals surface area (Å²) in [5.74, 6) is 1.03. The molecule has 162 valence electrons. The molecule has 1 aliphatic heterocycles. The van der Waals surface area contributed by atoms with Crippen molar-refractivity contribution in [1.29, 1.82) is 0 Å². The van der Waals surface area contributed by atoms with Crippen molar-refractivity contribution in [2.24, 2.45) is 5.92 Å². The molecule has 0 radical (unpaired) electrons. The number of nitrogens with one attached hydrogen (secondary N) is 2. The average molecular weight is 462 g/mol. The van der Waals surface area contributed by atoms with Gasteiger partial charge in [-0.2, -0.15) is 0 Å². The molecule has 2 N–H and O–H groups in total. The van der Waals surface area contributed by atoms with E-state index in [4.69, 9.17) is 28.2 Å². The average Bonchev–Trinajstić information content (AvgIpc) is 3.02. The zero-order valence-corrected chi connectivity index (χ0v) is 19.5. The van der Waals surface area contributed by atoms with Crippen LogP contribution in [0.25, 0.3) is 22.2 Å². The molecule has 0 spiro atoms. The molecule has 0 saturated carbocycles. The first-order valence-electron chi connectivity index (χ1n) is 11.0. The summed E-state index contributed by atoms with van der Waals surface area (Å²) in [4.78, 5) is 8.43. The lowest BCUT2D eigenvalue weighted by Crippen LogP contribution is -2.24. The molecule has 0 amide bonds. The topological polar surface area (TPSA) is 40.7 Å². The molecule has 3 aromatic rings. The highest BCUT2D eigenvalue weighted by molar-refractivity contribution is 6.42. The van der Waals surface area contributed by atoms with Gasteiger partial charge in [0.1, 0.15) is 5.82 Å². The van der Waals surface area contributed by atoms with E-state index in [1.165, 1.54) is 27.8 Å². The van der Waals surface area contributed by atoms with Gasteiger partial charge in [0.15, 0.2) is 0 Å². The number of rotatable bonds is 3. The first kappa shape index (κ1) is 21.3. The van der Waals surface area contributed by atoms with Crippen LogP contribution in [0.15, 0.2) is 72.4 Å². The van der Waals surface area contributed by atoms with Crippen LogP contribution in [0.2, 0.25) is 10.0 Å². The van der Waals surface area contributed by atoms with Gasteiger partial charge in [0.05, 0.1) is 21.1 Å². The number of nitrogens with zero attached hydrogens (tertiary/aromatic N) is 1. The Morgan fingerprint density at radius 1 is 1.03 bits per heavy atom. The lowest BCUT2D eigenvalue weighted by atomic mass is 9.88. The number of hydrogen-bond acceptors (Lipinski definition) is 2. The Bertz CT molecular complexity index is 1250. The number of aromatic amines is 1. The Hall–Kier alpha value is -2.59. The molecular weight excluding hydrogens is 437 g/mol. The van der Waals surface area contributed by atoms with Crippen LogP contribution in [0, 0.1) is 12.8 Å². The number of halogens is 2. The van der Waals surface area contributed by atoms with Gasteiger partial charge in [-0.25, -0.2) is 4.98 Å². The van der Waals surface area contributed by atoms with Crippen LogP contribution in [0.5, 0.6) is 0 Å². The number of allylic oxidation sites excluding steroid dienone is 7. The Morgan fingerprint density at radius 2 is 1.84 bits per heavy atom. The summed E-state index contributed by atoms with van der Waals surface area (Å²) in [6.45, 7) is 4.11. The summed E-state index contributed by atoms with van der Waals surface area (Å²) < 4.78 is 0. The summed E-state index contributed by atoms with van der Waals surface area (Å²) >= 11 is 12.5. The van der Waals surface area contributed by atoms with Gasteiger partial charge in [-0.1, -0.05) is 89.0 Å². The number of piperidine rings is 1. The number of H-pyrrole nitrogens is 1. The molecule has 2 heterocycles. The second kappa shape index (κ2) is 9.11. The van der Waals surface area contributed by atoms with Crippen LogP contribution in [0.4, 0.5) is 0 Å². The Balaban J connectivity index is 1.56. The molecule has 1 aromatic heterocycles. The predicted molar refractivity (Wildman–Crippen MR) is 136 cm³/mol. The van der Waals surface area contributed by atoms with Gasteiger partial charge in [-0.05, 0) is 56.1 Å². The summed E-state index contributed by atoms with van der Waals surface area (Å²) in [6, 6.07) is 12.3. The van der Waals surface area contributed by atoms with Crippen LogP contribution in [-0.4, -0.2) is 23.1 Å². The molecule has 1 unspecified atom stereocenters. The lowest BCUT2D eigenvalue weighted by Gasteiger charge is -2.22. The highest BCUT2D eigenvalue weighted by atomic mass is 35.5. The van der Waals surface area contributed by atoms with E-state index in [-0.39, 0.29) is 5.92 Å². The monoisotopic (exact) mass is 461 g/mol. The van der Waals surface area contributed by atoms with Crippen LogP contribution < -0.4 is 5.32 Å². The van der Waals surface area contributed by atoms with Crippen LogP contribution in [-0.2, 0) is 0 Å². The summed E-state index contributed by atoms with van der Waals surface area (Å²) in [5, 5.41) is 4.52. The maximum atomic E-state index is 6.25. The Kier molecular flexibility index (Phi) is 6.05. The Morgan fingerprint density at radius 3 is 2.66 bits per heavy atom. The van der Waals surface area contributed by atoms with Crippen molar-refractivity contribution in [2.45, 2.75) is 19.8 Å². The van der Waals surface area contributed by atoms with Gasteiger partial charge >= 0.3 is 0 Å². The van der Waals surface area contributed by atoms with Crippen molar-refractivity contribution in [1.82, 2.24) is 15.3 Å². The van der Waals surface area contributed by atoms with Gasteiger partial charge in [-0.15, -0.1) is 0 Å². The fourth-order valence-electron chi connectivity index (χ4n) is 4.51. The molecule has 1 atom stereocenters. The number of aromatic nitrogens is 2. The zero-order chi connectivity index (χ0) is 22.1. The van der Waals surface area contributed by atoms with Gasteiger partial charge in [0.25, 0.3) is 0 Å². The van der Waals surface area contributed by atoms with Crippen molar-refractivity contribution in [3.8, 4) is 0 Å². The van der Waals surface area contributed by atoms with E-state index in [1.807, 2.05) is 12.1 Å². The molecule has 1 saturated heterocycles. The summed E-state index contributed by atoms with van der Waals surface area (Å²) in [7, 11) is 0. The fraction of sp³-hybridized carbons (Fsp3) is 0.222. The molecule has 2 aliphatic rings. The van der Waals surface area contributed by atoms with Crippen molar-refractivity contribution < 1.29 is 0 Å². The molecule has 2 aromatic carbocycles. The Labute approximate surface area is 198 Å². The number of fused-ring (bicyclic) bond motifs is 1. The molecule has 0 bridgehead atoms. The SMILES string of the molecule is Cc1cccc(C2=CC=CC(C(=C3CCNCC3)c3nc4cc(Cl)c(Cl)cc4[nH]3)C=C2)c1. The number of imidazole rings is 1. The number of benzene rings is 2. The zero-order valence-electron chi connectivity index (χ0n) is 18.0. The van der Waals surface area contributed by atoms with Gasteiger partial charge in [0.2, 0.25) is 0 Å². The standard InChI is InChI=1S/C27H25Cl2N3/c1-17-4-2-7-21(14-17)18-5-3-6-19(9-8-18)26(20-10-12-30-13-11-20)27-31-24-15-22(28)23(29)16-25(24)32-27/h2-9,14-16,19,30H,10-13H2,1H3,(H,31,32). The van der Waals surface area contributed by atoms with E-state index in [9.17, 15) is 0 Å². The van der Waals surface area contributed by atoms with Crippen LogP contribution in [0.1, 0.15) is 29.8 Å². The first-order valence-corrected chi connectivity index (χ1v) is 11.8. The molecule has 1 aliphatic carbocycles. The van der Waals surface area contributed by atoms with E-state index >= 15 is 0 Å². The minimum absolute atomic E-state index is 0.133. The largest absolute Gasteiger partial charge is 0.338 e. The fourth-order valence-corrected chi connectivity index (χ4v) is 4.83. The first-order chi connectivity index (χ1) is 15.6. The minimum Gasteiger partial charge on any atom is -0.338 e. The maximum absolute atomic E-state index is 6.25. The van der Waals surface area contributed by atoms with Gasteiger partial charge in [-0.3, -0.25) is 0 Å². The van der Waals surface area contributed by atoms with Gasteiger partial charge in [0, 0.05) is 11.5 Å². The third kappa shape index (κ3) is 4.33. The van der Waals surface area contributed by atoms with Crippen LogP contribution >= 0.6 is 23.2 Å². The van der Waals surface area contributed by atoms with E-state index in [2.05, 4.69) is 71.9 Å². The number of hydrogen-bond donors (Lipinski definition) is 2. The van der Waals surface area contributed by atoms with E-state index in [0.29, 0.717) is 10.0 Å². The van der Waals surface area contributed by atoms with Gasteiger partial charge < -0.3 is 10.3 Å². The van der Waals surface area contributed by atoms with Crippen molar-refractivity contribution >= 4 is 45.4 Å². The third-order valence-electron chi connectivity index (χ3n) is 6.13. The second-order valence-electron chi connectivity index (χ2n) is 8.40. The second-order valence-corrected chi connectivity index (χ2v) is 9.21. The van der Waals surface area contributed by atoms with Crippen LogP contribution in [0.3, 0.4) is 0 Å². The van der Waals surface area contributed by atoms with E-state index in [1.54, 1.807) is 0 Å². The summed E-state index contributed by atoms with van der Waals surface area (Å²) in [5.41, 5.74) is 8.14.